The summed E-state index contributed by atoms with van der Waals surface area (Å²) >= 11 is 0. The van der Waals surface area contributed by atoms with Crippen molar-refractivity contribution in [2.75, 3.05) is 51.9 Å². The van der Waals surface area contributed by atoms with E-state index < -0.39 is 5.91 Å². The van der Waals surface area contributed by atoms with Crippen LogP contribution < -0.4 is 10.6 Å². The molecule has 0 saturated carbocycles. The molecule has 2 heterocycles. The van der Waals surface area contributed by atoms with Crippen LogP contribution in [0.15, 0.2) is 40.9 Å². The second kappa shape index (κ2) is 8.96. The fourth-order valence-electron chi connectivity index (χ4n) is 3.10. The predicted octanol–water partition coefficient (Wildman–Crippen LogP) is 3.06. The van der Waals surface area contributed by atoms with Crippen LogP contribution in [0.25, 0.3) is 11.0 Å². The lowest BCUT2D eigenvalue weighted by atomic mass is 10.1. The molecule has 2 N–H and O–H groups in total. The largest absolute Gasteiger partial charge is 0.449 e. The van der Waals surface area contributed by atoms with E-state index >= 15 is 0 Å². The third kappa shape index (κ3) is 4.44. The summed E-state index contributed by atoms with van der Waals surface area (Å²) in [6.45, 7) is 3.26. The quantitative estimate of drug-likeness (QED) is 0.623. The summed E-state index contributed by atoms with van der Waals surface area (Å²) in [5.74, 6) is -0.0444. The molecular weight excluding hydrogens is 382 g/mol. The zero-order valence-corrected chi connectivity index (χ0v) is 17.9. The van der Waals surface area contributed by atoms with E-state index in [4.69, 9.17) is 4.42 Å². The molecule has 0 aliphatic carbocycles. The zero-order chi connectivity index (χ0) is 21.8. The van der Waals surface area contributed by atoms with Gasteiger partial charge in [-0.3, -0.25) is 9.59 Å². The van der Waals surface area contributed by atoms with Crippen molar-refractivity contribution in [1.29, 1.82) is 0 Å². The Labute approximate surface area is 175 Å². The minimum absolute atomic E-state index is 0.103. The number of nitrogens with zero attached hydrogens (tertiary/aromatic N) is 3. The second-order valence-corrected chi connectivity index (χ2v) is 7.44. The van der Waals surface area contributed by atoms with Crippen molar-refractivity contribution >= 4 is 34.3 Å². The van der Waals surface area contributed by atoms with Crippen LogP contribution in [-0.4, -0.2) is 67.9 Å². The Morgan fingerprint density at radius 2 is 1.87 bits per heavy atom. The highest BCUT2D eigenvalue weighted by Crippen LogP contribution is 2.34. The van der Waals surface area contributed by atoms with Crippen LogP contribution in [0.3, 0.4) is 0 Å². The molecule has 0 atom stereocenters. The number of aryl methyl sites for hydroxylation is 1. The maximum absolute atomic E-state index is 13.1. The molecular formula is C22H27N5O3. The Morgan fingerprint density at radius 1 is 1.10 bits per heavy atom. The molecule has 1 aromatic carbocycles. The summed E-state index contributed by atoms with van der Waals surface area (Å²) in [5.41, 5.74) is 2.41. The summed E-state index contributed by atoms with van der Waals surface area (Å²) in [4.78, 5) is 33.8. The second-order valence-electron chi connectivity index (χ2n) is 7.44. The first-order valence-electron chi connectivity index (χ1n) is 9.69. The van der Waals surface area contributed by atoms with E-state index in [-0.39, 0.29) is 11.7 Å². The first-order chi connectivity index (χ1) is 14.3. The smallest absolute Gasteiger partial charge is 0.294 e. The van der Waals surface area contributed by atoms with Crippen molar-refractivity contribution in [3.8, 4) is 0 Å². The number of aromatic nitrogens is 1. The number of benzene rings is 1. The van der Waals surface area contributed by atoms with Crippen LogP contribution in [0.2, 0.25) is 0 Å². The molecule has 2 amide bonds. The number of pyridine rings is 1. The monoisotopic (exact) mass is 409 g/mol. The molecule has 8 nitrogen and oxygen atoms in total. The molecule has 0 aliphatic heterocycles. The molecule has 0 saturated heterocycles. The fourth-order valence-corrected chi connectivity index (χ4v) is 3.10. The topological polar surface area (TPSA) is 90.7 Å². The van der Waals surface area contributed by atoms with E-state index in [9.17, 15) is 9.59 Å². The lowest BCUT2D eigenvalue weighted by molar-refractivity contribution is 0.0788. The minimum Gasteiger partial charge on any atom is -0.449 e. The van der Waals surface area contributed by atoms with Crippen molar-refractivity contribution in [2.45, 2.75) is 6.92 Å². The SMILES string of the molecule is CNc1c(C(=O)Nc2ccc(C)cn2)oc2cccc(C(=O)N(C)CCN(C)C)c12. The number of nitrogens with one attached hydrogen (secondary N) is 2. The predicted molar refractivity (Wildman–Crippen MR) is 118 cm³/mol. The number of anilines is 2. The zero-order valence-electron chi connectivity index (χ0n) is 17.9. The van der Waals surface area contributed by atoms with Gasteiger partial charge in [0.15, 0.2) is 0 Å². The first kappa shape index (κ1) is 21.3. The van der Waals surface area contributed by atoms with Crippen LogP contribution in [-0.2, 0) is 0 Å². The molecule has 2 aromatic heterocycles. The fraction of sp³-hybridized carbons (Fsp3) is 0.318. The van der Waals surface area contributed by atoms with Crippen LogP contribution in [0.5, 0.6) is 0 Å². The van der Waals surface area contributed by atoms with Crippen LogP contribution in [0.4, 0.5) is 11.5 Å². The van der Waals surface area contributed by atoms with Crippen LogP contribution in [0, 0.1) is 6.92 Å². The lowest BCUT2D eigenvalue weighted by Crippen LogP contribution is -2.33. The van der Waals surface area contributed by atoms with Gasteiger partial charge in [-0.25, -0.2) is 4.98 Å². The summed E-state index contributed by atoms with van der Waals surface area (Å²) in [5, 5.41) is 6.35. The maximum Gasteiger partial charge on any atom is 0.294 e. The van der Waals surface area contributed by atoms with Gasteiger partial charge in [-0.05, 0) is 44.8 Å². The lowest BCUT2D eigenvalue weighted by Gasteiger charge is -2.20. The number of fused-ring (bicyclic) bond motifs is 1. The Hall–Kier alpha value is -3.39. The number of hydrogen-bond donors (Lipinski definition) is 2. The van der Waals surface area contributed by atoms with Gasteiger partial charge in [0.25, 0.3) is 11.8 Å². The van der Waals surface area contributed by atoms with Crippen LogP contribution in [0.1, 0.15) is 26.5 Å². The normalized spacial score (nSPS) is 11.0. The third-order valence-electron chi connectivity index (χ3n) is 4.78. The van der Waals surface area contributed by atoms with Gasteiger partial charge in [-0.15, -0.1) is 0 Å². The van der Waals surface area contributed by atoms with Gasteiger partial charge >= 0.3 is 0 Å². The van der Waals surface area contributed by atoms with Gasteiger partial charge in [-0.1, -0.05) is 12.1 Å². The molecule has 158 valence electrons. The molecule has 0 aliphatic rings. The Kier molecular flexibility index (Phi) is 6.37. The van der Waals surface area contributed by atoms with Gasteiger partial charge in [-0.2, -0.15) is 0 Å². The number of carbonyl (C=O) groups excluding carboxylic acids is 2. The summed E-state index contributed by atoms with van der Waals surface area (Å²) in [7, 11) is 7.38. The van der Waals surface area contributed by atoms with Crippen LogP contribution >= 0.6 is 0 Å². The molecule has 0 bridgehead atoms. The van der Waals surface area contributed by atoms with Crippen molar-refractivity contribution in [2.24, 2.45) is 0 Å². The minimum atomic E-state index is -0.439. The van der Waals surface area contributed by atoms with E-state index in [1.807, 2.05) is 32.0 Å². The highest BCUT2D eigenvalue weighted by atomic mass is 16.3. The number of hydrogen-bond acceptors (Lipinski definition) is 6. The molecule has 30 heavy (non-hydrogen) atoms. The Bertz CT molecular complexity index is 1060. The van der Waals surface area contributed by atoms with Crippen molar-refractivity contribution in [3.05, 3.63) is 53.4 Å². The van der Waals surface area contributed by atoms with Crippen molar-refractivity contribution < 1.29 is 14.0 Å². The van der Waals surface area contributed by atoms with Crippen molar-refractivity contribution in [1.82, 2.24) is 14.8 Å². The van der Waals surface area contributed by atoms with E-state index in [0.29, 0.717) is 34.6 Å². The molecule has 0 spiro atoms. The number of amides is 2. The molecule has 0 radical (unpaired) electrons. The molecule has 0 fully saturated rings. The van der Waals surface area contributed by atoms with E-state index in [2.05, 4.69) is 15.6 Å². The molecule has 8 heteroatoms. The first-order valence-corrected chi connectivity index (χ1v) is 9.69. The van der Waals surface area contributed by atoms with E-state index in [1.54, 1.807) is 49.5 Å². The summed E-state index contributed by atoms with van der Waals surface area (Å²) in [6, 6.07) is 8.83. The van der Waals surface area contributed by atoms with Gasteiger partial charge < -0.3 is 24.9 Å². The average molecular weight is 409 g/mol. The third-order valence-corrected chi connectivity index (χ3v) is 4.78. The Morgan fingerprint density at radius 3 is 2.50 bits per heavy atom. The van der Waals surface area contributed by atoms with Gasteiger partial charge in [0.1, 0.15) is 11.4 Å². The van der Waals surface area contributed by atoms with Crippen molar-refractivity contribution in [3.63, 3.8) is 0 Å². The number of furan rings is 1. The van der Waals surface area contributed by atoms with Gasteiger partial charge in [0.2, 0.25) is 5.76 Å². The van der Waals surface area contributed by atoms with Gasteiger partial charge in [0, 0.05) is 33.4 Å². The van der Waals surface area contributed by atoms with E-state index in [1.165, 1.54) is 0 Å². The Balaban J connectivity index is 1.96. The average Bonchev–Trinajstić information content (AvgIpc) is 3.12. The summed E-state index contributed by atoms with van der Waals surface area (Å²) < 4.78 is 5.84. The van der Waals surface area contributed by atoms with E-state index in [0.717, 1.165) is 12.1 Å². The van der Waals surface area contributed by atoms with Gasteiger partial charge in [0.05, 0.1) is 16.6 Å². The number of rotatable bonds is 7. The number of carbonyl (C=O) groups is 2. The highest BCUT2D eigenvalue weighted by molar-refractivity contribution is 6.16. The maximum atomic E-state index is 13.1. The number of likely N-dealkylation sites (N-methyl/N-ethyl adjacent to an activating group) is 2. The highest BCUT2D eigenvalue weighted by Gasteiger charge is 2.25. The summed E-state index contributed by atoms with van der Waals surface area (Å²) in [6.07, 6.45) is 1.67. The molecule has 0 unspecified atom stereocenters. The molecule has 3 aromatic rings. The standard InChI is InChI=1S/C22H27N5O3/c1-14-9-10-17(24-13-14)25-21(28)20-19(23-2)18-15(7-6-8-16(18)30-20)22(29)27(5)12-11-26(3)4/h6-10,13,23H,11-12H2,1-5H3,(H,24,25,28). The molecule has 3 rings (SSSR count).